The van der Waals surface area contributed by atoms with E-state index in [0.717, 1.165) is 0 Å². The first-order valence-electron chi connectivity index (χ1n) is 2.96. The van der Waals surface area contributed by atoms with Crippen LogP contribution < -0.4 is 5.73 Å². The minimum Gasteiger partial charge on any atom is -0.478 e. The Labute approximate surface area is 74.4 Å². The van der Waals surface area contributed by atoms with Crippen LogP contribution in [-0.4, -0.2) is 15.7 Å². The molecular formula is C7H8ClNO3. The fourth-order valence-electron chi connectivity index (χ4n) is 0.692. The van der Waals surface area contributed by atoms with Crippen LogP contribution in [0.5, 0.6) is 0 Å². The smallest absolute Gasteiger partial charge is 0.337 e. The minimum atomic E-state index is -0.988. The average molecular weight is 190 g/mol. The quantitative estimate of drug-likeness (QED) is 0.578. The third-order valence-electron chi connectivity index (χ3n) is 1.19. The number of carboxylic acids is 1. The highest BCUT2D eigenvalue weighted by atomic mass is 35.5. The lowest BCUT2D eigenvalue weighted by atomic mass is 10.2. The second-order valence-corrected chi connectivity index (χ2v) is 1.89. The van der Waals surface area contributed by atoms with E-state index in [4.69, 9.17) is 15.5 Å². The lowest BCUT2D eigenvalue weighted by Crippen LogP contribution is -2.00. The van der Waals surface area contributed by atoms with E-state index >= 15 is 0 Å². The maximum atomic E-state index is 10.3. The van der Waals surface area contributed by atoms with Gasteiger partial charge in [-0.1, -0.05) is 12.1 Å². The molecule has 0 aliphatic rings. The number of carboxylic acid groups (broad SMARTS) is 1. The normalized spacial score (nSPS) is 8.17. The number of carbonyl (C=O) groups is 1. The van der Waals surface area contributed by atoms with Crippen LogP contribution in [0.25, 0.3) is 0 Å². The topological polar surface area (TPSA) is 83.6 Å². The van der Waals surface area contributed by atoms with E-state index in [1.54, 1.807) is 18.2 Å². The SMILES string of the molecule is Nc1ccccc1C(=O)O.OCl. The zero-order valence-corrected chi connectivity index (χ0v) is 6.82. The Balaban J connectivity index is 0.000000561. The summed E-state index contributed by atoms with van der Waals surface area (Å²) in [7, 11) is 0. The van der Waals surface area contributed by atoms with Crippen molar-refractivity contribution >= 4 is 23.5 Å². The molecule has 0 heterocycles. The number of hydrogen-bond donors (Lipinski definition) is 3. The highest BCUT2D eigenvalue weighted by Gasteiger charge is 2.03. The Kier molecular flexibility index (Phi) is 4.83. The van der Waals surface area contributed by atoms with Crippen molar-refractivity contribution in [1.29, 1.82) is 0 Å². The van der Waals surface area contributed by atoms with Crippen molar-refractivity contribution in [3.8, 4) is 0 Å². The van der Waals surface area contributed by atoms with E-state index in [2.05, 4.69) is 11.9 Å². The lowest BCUT2D eigenvalue weighted by molar-refractivity contribution is 0.0698. The van der Waals surface area contributed by atoms with Crippen molar-refractivity contribution in [2.45, 2.75) is 0 Å². The molecule has 0 atom stereocenters. The number of nitrogen functional groups attached to an aromatic ring is 1. The lowest BCUT2D eigenvalue weighted by Gasteiger charge is -1.96. The van der Waals surface area contributed by atoms with E-state index in [9.17, 15) is 4.79 Å². The standard InChI is InChI=1S/C7H7NO2.ClHO/c8-6-4-2-1-3-5(6)7(9)10;1-2/h1-4H,8H2,(H,9,10);2H. The summed E-state index contributed by atoms with van der Waals surface area (Å²) in [5.74, 6) is -0.988. The van der Waals surface area contributed by atoms with Gasteiger partial charge in [0, 0.05) is 5.69 Å². The van der Waals surface area contributed by atoms with Crippen molar-refractivity contribution in [2.24, 2.45) is 0 Å². The van der Waals surface area contributed by atoms with Gasteiger partial charge in [0.25, 0.3) is 0 Å². The summed E-state index contributed by atoms with van der Waals surface area (Å²) in [6, 6.07) is 6.36. The van der Waals surface area contributed by atoms with E-state index < -0.39 is 5.97 Å². The largest absolute Gasteiger partial charge is 0.478 e. The van der Waals surface area contributed by atoms with E-state index in [0.29, 0.717) is 5.69 Å². The maximum Gasteiger partial charge on any atom is 0.337 e. The zero-order chi connectivity index (χ0) is 9.56. The number of anilines is 1. The van der Waals surface area contributed by atoms with Gasteiger partial charge in [-0.25, -0.2) is 4.79 Å². The Morgan fingerprint density at radius 1 is 1.33 bits per heavy atom. The number of halogens is 1. The minimum absolute atomic E-state index is 0.155. The van der Waals surface area contributed by atoms with Crippen molar-refractivity contribution < 1.29 is 14.6 Å². The Morgan fingerprint density at radius 3 is 2.17 bits per heavy atom. The van der Waals surface area contributed by atoms with Gasteiger partial charge < -0.3 is 10.8 Å². The predicted octanol–water partition coefficient (Wildman–Crippen LogP) is 1.10. The Bertz CT molecular complexity index is 265. The van der Waals surface area contributed by atoms with Crippen molar-refractivity contribution in [1.82, 2.24) is 0 Å². The van der Waals surface area contributed by atoms with Crippen LogP contribution >= 0.6 is 11.9 Å². The number of para-hydroxylation sites is 1. The van der Waals surface area contributed by atoms with E-state index in [1.165, 1.54) is 6.07 Å². The molecule has 12 heavy (non-hydrogen) atoms. The van der Waals surface area contributed by atoms with Crippen LogP contribution in [0, 0.1) is 0 Å². The van der Waals surface area contributed by atoms with Crippen molar-refractivity contribution in [3.05, 3.63) is 29.8 Å². The molecule has 4 N–H and O–H groups in total. The first-order valence-corrected chi connectivity index (χ1v) is 3.30. The number of aromatic carboxylic acids is 1. The number of nitrogens with two attached hydrogens (primary N) is 1. The van der Waals surface area contributed by atoms with Gasteiger partial charge in [-0.05, 0) is 12.1 Å². The molecule has 1 aromatic carbocycles. The van der Waals surface area contributed by atoms with Crippen LogP contribution in [0.1, 0.15) is 10.4 Å². The monoisotopic (exact) mass is 189 g/mol. The van der Waals surface area contributed by atoms with Gasteiger partial charge in [0.1, 0.15) is 0 Å². The molecule has 0 saturated heterocycles. The molecule has 0 aliphatic heterocycles. The number of rotatable bonds is 1. The van der Waals surface area contributed by atoms with E-state index in [-0.39, 0.29) is 5.56 Å². The summed E-state index contributed by atoms with van der Waals surface area (Å²) in [6.45, 7) is 0. The van der Waals surface area contributed by atoms with Gasteiger partial charge in [-0.15, -0.1) is 0 Å². The van der Waals surface area contributed by atoms with Crippen LogP contribution in [-0.2, 0) is 0 Å². The summed E-state index contributed by atoms with van der Waals surface area (Å²) in [6.07, 6.45) is 0. The number of hydrogen-bond acceptors (Lipinski definition) is 3. The highest BCUT2D eigenvalue weighted by molar-refractivity contribution is 6.04. The number of benzene rings is 1. The van der Waals surface area contributed by atoms with Crippen LogP contribution in [0.3, 0.4) is 0 Å². The molecule has 0 bridgehead atoms. The van der Waals surface area contributed by atoms with Gasteiger partial charge >= 0.3 is 5.97 Å². The van der Waals surface area contributed by atoms with Crippen LogP contribution in [0.2, 0.25) is 0 Å². The molecule has 1 rings (SSSR count). The van der Waals surface area contributed by atoms with Crippen LogP contribution in [0.4, 0.5) is 5.69 Å². The molecule has 0 radical (unpaired) electrons. The fourth-order valence-corrected chi connectivity index (χ4v) is 0.692. The Hall–Kier alpha value is -1.26. The summed E-state index contributed by atoms with van der Waals surface area (Å²) in [5.41, 5.74) is 5.80. The molecule has 1 aromatic rings. The van der Waals surface area contributed by atoms with Crippen molar-refractivity contribution in [2.75, 3.05) is 5.73 Å². The van der Waals surface area contributed by atoms with E-state index in [1.807, 2.05) is 0 Å². The molecule has 66 valence electrons. The third-order valence-corrected chi connectivity index (χ3v) is 1.19. The molecular weight excluding hydrogens is 182 g/mol. The van der Waals surface area contributed by atoms with Gasteiger partial charge in [0.2, 0.25) is 0 Å². The zero-order valence-electron chi connectivity index (χ0n) is 6.07. The first-order chi connectivity index (χ1) is 5.72. The maximum absolute atomic E-state index is 10.3. The van der Waals surface area contributed by atoms with Gasteiger partial charge in [-0.3, -0.25) is 4.66 Å². The molecule has 0 aromatic heterocycles. The van der Waals surface area contributed by atoms with Gasteiger partial charge in [0.15, 0.2) is 0 Å². The summed E-state index contributed by atoms with van der Waals surface area (Å²) in [5, 5.41) is 8.49. The Morgan fingerprint density at radius 2 is 1.83 bits per heavy atom. The molecule has 4 nitrogen and oxygen atoms in total. The van der Waals surface area contributed by atoms with Gasteiger partial charge in [0.05, 0.1) is 17.4 Å². The fraction of sp³-hybridized carbons (Fsp3) is 0. The molecule has 0 amide bonds. The molecule has 5 heteroatoms. The second kappa shape index (κ2) is 5.40. The summed E-state index contributed by atoms with van der Waals surface area (Å²) in [4.78, 5) is 10.3. The molecule has 0 fully saturated rings. The predicted molar refractivity (Wildman–Crippen MR) is 45.9 cm³/mol. The third kappa shape index (κ3) is 2.77. The summed E-state index contributed by atoms with van der Waals surface area (Å²) >= 11 is 3.64. The molecule has 0 unspecified atom stereocenters. The highest BCUT2D eigenvalue weighted by Crippen LogP contribution is 2.08. The average Bonchev–Trinajstić information content (AvgIpc) is 2.08. The molecule has 0 aliphatic carbocycles. The van der Waals surface area contributed by atoms with Gasteiger partial charge in [-0.2, -0.15) is 0 Å². The first kappa shape index (κ1) is 10.7. The van der Waals surface area contributed by atoms with Crippen LogP contribution in [0.15, 0.2) is 24.3 Å². The second-order valence-electron chi connectivity index (χ2n) is 1.89. The molecule has 0 saturated carbocycles. The molecule has 0 spiro atoms. The van der Waals surface area contributed by atoms with Crippen molar-refractivity contribution in [3.63, 3.8) is 0 Å². The summed E-state index contributed by atoms with van der Waals surface area (Å²) < 4.78 is 6.47.